The minimum atomic E-state index is -1.65. The third-order valence-corrected chi connectivity index (χ3v) is 2.48. The Balaban J connectivity index is 2.55. The fraction of sp³-hybridized carbons (Fsp3) is 0.250. The first-order chi connectivity index (χ1) is 8.80. The molecule has 0 amide bonds. The Bertz CT molecular complexity index is 553. The van der Waals surface area contributed by atoms with Crippen LogP contribution in [0.5, 0.6) is 5.75 Å². The van der Waals surface area contributed by atoms with Gasteiger partial charge in [0.1, 0.15) is 17.1 Å². The molecule has 1 aromatic carbocycles. The number of carbonyl (C=O) groups excluding carboxylic acids is 1. The molecule has 0 spiro atoms. The highest BCUT2D eigenvalue weighted by molar-refractivity contribution is 6.48. The van der Waals surface area contributed by atoms with Crippen molar-refractivity contribution in [2.75, 3.05) is 0 Å². The van der Waals surface area contributed by atoms with Crippen molar-refractivity contribution in [3.05, 3.63) is 35.1 Å². The molecule has 0 saturated heterocycles. The molecular formula is C12H12BFO5. The summed E-state index contributed by atoms with van der Waals surface area (Å²) in [4.78, 5) is 11.7. The van der Waals surface area contributed by atoms with Gasteiger partial charge in [-0.3, -0.25) is 0 Å². The van der Waals surface area contributed by atoms with Crippen molar-refractivity contribution in [1.82, 2.24) is 0 Å². The Morgan fingerprint density at radius 3 is 2.63 bits per heavy atom. The molecule has 1 aliphatic rings. The van der Waals surface area contributed by atoms with Gasteiger partial charge in [-0.15, -0.1) is 0 Å². The van der Waals surface area contributed by atoms with Gasteiger partial charge >= 0.3 is 13.1 Å². The molecule has 1 aromatic rings. The van der Waals surface area contributed by atoms with E-state index in [1.165, 1.54) is 26.0 Å². The van der Waals surface area contributed by atoms with Crippen molar-refractivity contribution in [3.8, 4) is 5.75 Å². The van der Waals surface area contributed by atoms with E-state index in [-0.39, 0.29) is 11.3 Å². The Kier molecular flexibility index (Phi) is 3.34. The van der Waals surface area contributed by atoms with E-state index in [0.717, 1.165) is 12.0 Å². The molecule has 0 fully saturated rings. The molecule has 0 saturated carbocycles. The number of rotatable bonds is 2. The summed E-state index contributed by atoms with van der Waals surface area (Å²) < 4.78 is 24.0. The number of hydrogen-bond donors (Lipinski definition) is 2. The Morgan fingerprint density at radius 2 is 2.00 bits per heavy atom. The largest absolute Gasteiger partial charge is 0.480 e. The lowest BCUT2D eigenvalue weighted by Crippen LogP contribution is -2.39. The van der Waals surface area contributed by atoms with Crippen molar-refractivity contribution in [1.29, 1.82) is 0 Å². The van der Waals surface area contributed by atoms with Gasteiger partial charge in [0.05, 0.1) is 0 Å². The molecule has 0 bridgehead atoms. The normalized spacial score (nSPS) is 16.8. The van der Waals surface area contributed by atoms with Crippen LogP contribution in [-0.4, -0.2) is 28.9 Å². The average molecular weight is 266 g/mol. The van der Waals surface area contributed by atoms with Crippen LogP contribution < -0.4 is 4.74 Å². The zero-order chi connectivity index (χ0) is 14.2. The lowest BCUT2D eigenvalue weighted by molar-refractivity contribution is -0.128. The summed E-state index contributed by atoms with van der Waals surface area (Å²) in [6.07, 6.45) is 1.33. The van der Waals surface area contributed by atoms with Crippen LogP contribution in [0.15, 0.2) is 18.1 Å². The molecule has 0 atom stereocenters. The van der Waals surface area contributed by atoms with Crippen LogP contribution >= 0.6 is 0 Å². The van der Waals surface area contributed by atoms with Gasteiger partial charge in [0.2, 0.25) is 5.79 Å². The summed E-state index contributed by atoms with van der Waals surface area (Å²) in [6, 6.07) is 2.47. The first kappa shape index (κ1) is 13.6. The van der Waals surface area contributed by atoms with E-state index in [2.05, 4.69) is 0 Å². The number of fused-ring (bicyclic) bond motifs is 1. The number of hydrogen-bond acceptors (Lipinski definition) is 5. The van der Waals surface area contributed by atoms with Gasteiger partial charge in [0.25, 0.3) is 0 Å². The Labute approximate surface area is 109 Å². The number of carbonyl (C=O) groups is 1. The second kappa shape index (κ2) is 4.67. The second-order valence-electron chi connectivity index (χ2n) is 4.50. The molecule has 19 heavy (non-hydrogen) atoms. The van der Waals surface area contributed by atoms with E-state index in [1.54, 1.807) is 0 Å². The first-order valence-corrected chi connectivity index (χ1v) is 5.59. The standard InChI is InChI=1S/C12H12BFO5/c1-12(2)18-10-7(5-6-13(16)17)3-4-8(14)9(10)11(15)19-12/h3-6,16-17H,1-2H3/b6-5+. The summed E-state index contributed by atoms with van der Waals surface area (Å²) in [5.74, 6) is -1.68. The number of ether oxygens (including phenoxy) is 2. The molecule has 0 aromatic heterocycles. The van der Waals surface area contributed by atoms with Gasteiger partial charge in [-0.2, -0.15) is 0 Å². The van der Waals surface area contributed by atoms with E-state index < -0.39 is 24.7 Å². The van der Waals surface area contributed by atoms with Crippen LogP contribution in [0, 0.1) is 5.82 Å². The maximum Gasteiger partial charge on any atom is 0.480 e. The van der Waals surface area contributed by atoms with Gasteiger partial charge in [0.15, 0.2) is 0 Å². The first-order valence-electron chi connectivity index (χ1n) is 5.59. The molecule has 100 valence electrons. The maximum absolute atomic E-state index is 13.6. The number of halogens is 1. The van der Waals surface area contributed by atoms with Crippen molar-refractivity contribution in [2.24, 2.45) is 0 Å². The highest BCUT2D eigenvalue weighted by atomic mass is 19.1. The zero-order valence-corrected chi connectivity index (χ0v) is 10.4. The van der Waals surface area contributed by atoms with E-state index >= 15 is 0 Å². The lowest BCUT2D eigenvalue weighted by Gasteiger charge is -2.32. The Morgan fingerprint density at radius 1 is 1.32 bits per heavy atom. The van der Waals surface area contributed by atoms with Gasteiger partial charge in [0, 0.05) is 19.4 Å². The van der Waals surface area contributed by atoms with E-state index in [9.17, 15) is 9.18 Å². The molecule has 0 unspecified atom stereocenters. The van der Waals surface area contributed by atoms with Gasteiger partial charge < -0.3 is 19.5 Å². The van der Waals surface area contributed by atoms with Crippen molar-refractivity contribution < 1.29 is 28.7 Å². The highest BCUT2D eigenvalue weighted by Gasteiger charge is 2.37. The summed E-state index contributed by atoms with van der Waals surface area (Å²) in [7, 11) is -1.65. The lowest BCUT2D eigenvalue weighted by atomic mass is 9.90. The van der Waals surface area contributed by atoms with Crippen LogP contribution in [0.2, 0.25) is 0 Å². The quantitative estimate of drug-likeness (QED) is 0.620. The molecule has 2 rings (SSSR count). The zero-order valence-electron chi connectivity index (χ0n) is 10.4. The van der Waals surface area contributed by atoms with Crippen molar-refractivity contribution in [2.45, 2.75) is 19.6 Å². The van der Waals surface area contributed by atoms with Crippen LogP contribution in [0.3, 0.4) is 0 Å². The van der Waals surface area contributed by atoms with E-state index in [1.807, 2.05) is 0 Å². The Hall–Kier alpha value is -1.86. The average Bonchev–Trinajstić information content (AvgIpc) is 2.25. The minimum absolute atomic E-state index is 0.0261. The summed E-state index contributed by atoms with van der Waals surface area (Å²) in [5, 5.41) is 17.6. The van der Waals surface area contributed by atoms with Gasteiger partial charge in [-0.25, -0.2) is 9.18 Å². The smallest absolute Gasteiger partial charge is 0.451 e. The monoisotopic (exact) mass is 266 g/mol. The third kappa shape index (κ3) is 2.77. The van der Waals surface area contributed by atoms with Crippen LogP contribution in [-0.2, 0) is 4.74 Å². The van der Waals surface area contributed by atoms with Crippen LogP contribution in [0.1, 0.15) is 29.8 Å². The summed E-state index contributed by atoms with van der Waals surface area (Å²) in [6.45, 7) is 3.04. The second-order valence-corrected chi connectivity index (χ2v) is 4.50. The van der Waals surface area contributed by atoms with E-state index in [0.29, 0.717) is 5.56 Å². The molecule has 7 heteroatoms. The molecule has 1 aliphatic heterocycles. The maximum atomic E-state index is 13.6. The van der Waals surface area contributed by atoms with Crippen LogP contribution in [0.4, 0.5) is 4.39 Å². The molecular weight excluding hydrogens is 254 g/mol. The van der Waals surface area contributed by atoms with Crippen molar-refractivity contribution >= 4 is 19.2 Å². The predicted molar refractivity (Wildman–Crippen MR) is 65.7 cm³/mol. The molecule has 1 heterocycles. The fourth-order valence-corrected chi connectivity index (χ4v) is 1.74. The molecule has 0 aliphatic carbocycles. The number of cyclic esters (lactones) is 1. The fourth-order valence-electron chi connectivity index (χ4n) is 1.74. The molecule has 0 radical (unpaired) electrons. The minimum Gasteiger partial charge on any atom is -0.451 e. The van der Waals surface area contributed by atoms with Gasteiger partial charge in [-0.1, -0.05) is 12.1 Å². The number of esters is 1. The van der Waals surface area contributed by atoms with Crippen LogP contribution in [0.25, 0.3) is 6.08 Å². The SMILES string of the molecule is CC1(C)OC(=O)c2c(F)ccc(/C=C/B(O)O)c2O1. The third-order valence-electron chi connectivity index (χ3n) is 2.48. The van der Waals surface area contributed by atoms with E-state index in [4.69, 9.17) is 19.5 Å². The molecule has 5 nitrogen and oxygen atoms in total. The highest BCUT2D eigenvalue weighted by Crippen LogP contribution is 2.36. The van der Waals surface area contributed by atoms with Crippen molar-refractivity contribution in [3.63, 3.8) is 0 Å². The topological polar surface area (TPSA) is 76.0 Å². The molecule has 2 N–H and O–H groups in total. The predicted octanol–water partition coefficient (Wildman–Crippen LogP) is 1.14. The summed E-state index contributed by atoms with van der Waals surface area (Å²) >= 11 is 0. The number of benzene rings is 1. The summed E-state index contributed by atoms with van der Waals surface area (Å²) in [5.41, 5.74) is 0.0585. The van der Waals surface area contributed by atoms with Gasteiger partial charge in [-0.05, 0) is 12.1 Å².